The maximum atomic E-state index is 12.3. The first-order valence-electron chi connectivity index (χ1n) is 23.8. The van der Waals surface area contributed by atoms with Crippen molar-refractivity contribution in [1.29, 1.82) is 0 Å². The molecule has 0 aliphatic heterocycles. The molecule has 0 aromatic rings. The van der Waals surface area contributed by atoms with Gasteiger partial charge in [-0.3, -0.25) is 38.4 Å². The van der Waals surface area contributed by atoms with Gasteiger partial charge in [-0.05, 0) is 19.3 Å². The van der Waals surface area contributed by atoms with Gasteiger partial charge in [0.25, 0.3) is 0 Å². The van der Waals surface area contributed by atoms with Gasteiger partial charge < -0.3 is 66.2 Å². The molecule has 0 aromatic heterocycles. The van der Waals surface area contributed by atoms with E-state index < -0.39 is 35.8 Å². The van der Waals surface area contributed by atoms with Crippen LogP contribution in [-0.2, 0) is 62.1 Å². The number of hydrogen-bond donors (Lipinski definition) is 9. The Morgan fingerprint density at radius 2 is 0.791 bits per heavy atom. The number of carbonyl (C=O) groups excluding carboxylic acids is 6. The number of hydrogen-bond acceptors (Lipinski definition) is 13. The third kappa shape index (κ3) is 43.4. The molecule has 0 aromatic carbocycles. The standard InChI is InChI=1S/C45H80N6O16/c1-35(44(60)61)32-40(55)46-21-20-38(53)47-22-23-48-41(56)33-66-30-29-65-27-25-50-42(57)34-67-31-28-64-26-24-49-37(52)19-18-36(45(62)63)51-39(54)16-14-12-10-8-6-4-2-3-5-7-9-11-13-15-17-43(58)59/h35-36H,2-34H2,1H3,(H,46,55)(H,47,53)(H,48,56)(H,49,52)(H,50,57)(H,51,54)(H,58,59)(H,60,61)(H,62,63)/t35?,36-/m0/s1. The molecule has 0 radical (unpaired) electrons. The summed E-state index contributed by atoms with van der Waals surface area (Å²) in [5.41, 5.74) is 0. The van der Waals surface area contributed by atoms with E-state index in [9.17, 15) is 48.3 Å². The average Bonchev–Trinajstić information content (AvgIpc) is 3.27. The van der Waals surface area contributed by atoms with Crippen LogP contribution in [-0.4, -0.2) is 160 Å². The van der Waals surface area contributed by atoms with Gasteiger partial charge in [-0.25, -0.2) is 4.79 Å². The molecule has 67 heavy (non-hydrogen) atoms. The van der Waals surface area contributed by atoms with Gasteiger partial charge in [0.2, 0.25) is 35.4 Å². The van der Waals surface area contributed by atoms with Crippen molar-refractivity contribution in [3.05, 3.63) is 0 Å². The minimum absolute atomic E-state index is 0.00608. The van der Waals surface area contributed by atoms with Gasteiger partial charge in [0.1, 0.15) is 19.3 Å². The molecule has 22 heteroatoms. The molecule has 0 rings (SSSR count). The molecule has 2 atom stereocenters. The summed E-state index contributed by atoms with van der Waals surface area (Å²) in [7, 11) is 0. The van der Waals surface area contributed by atoms with E-state index in [-0.39, 0.29) is 154 Å². The third-order valence-electron chi connectivity index (χ3n) is 10.0. The van der Waals surface area contributed by atoms with Gasteiger partial charge in [-0.1, -0.05) is 84.0 Å². The lowest BCUT2D eigenvalue weighted by Crippen LogP contribution is -2.41. The minimum atomic E-state index is -1.20. The number of amides is 6. The summed E-state index contributed by atoms with van der Waals surface area (Å²) in [5.74, 6) is -6.06. The molecule has 0 saturated heterocycles. The van der Waals surface area contributed by atoms with Crippen molar-refractivity contribution < 1.29 is 77.4 Å². The lowest BCUT2D eigenvalue weighted by atomic mass is 10.0. The summed E-state index contributed by atoms with van der Waals surface area (Å²) in [4.78, 5) is 105. The number of carbonyl (C=O) groups is 9. The smallest absolute Gasteiger partial charge is 0.326 e. The Morgan fingerprint density at radius 1 is 0.388 bits per heavy atom. The minimum Gasteiger partial charge on any atom is -0.481 e. The highest BCUT2D eigenvalue weighted by Gasteiger charge is 2.21. The number of aliphatic carboxylic acids is 3. The Hall–Kier alpha value is -4.93. The van der Waals surface area contributed by atoms with Crippen LogP contribution < -0.4 is 31.9 Å². The first kappa shape index (κ1) is 62.1. The Kier molecular flexibility index (Phi) is 40.4. The average molecular weight is 961 g/mol. The highest BCUT2D eigenvalue weighted by Crippen LogP contribution is 2.14. The van der Waals surface area contributed by atoms with Gasteiger partial charge >= 0.3 is 17.9 Å². The molecular formula is C45H80N6O16. The van der Waals surface area contributed by atoms with E-state index >= 15 is 0 Å². The van der Waals surface area contributed by atoms with Crippen molar-refractivity contribution in [1.82, 2.24) is 31.9 Å². The van der Waals surface area contributed by atoms with Crippen LogP contribution in [0.2, 0.25) is 0 Å². The van der Waals surface area contributed by atoms with Gasteiger partial charge in [-0.2, -0.15) is 0 Å². The van der Waals surface area contributed by atoms with E-state index in [2.05, 4.69) is 31.9 Å². The zero-order valence-electron chi connectivity index (χ0n) is 39.6. The molecule has 6 amide bonds. The van der Waals surface area contributed by atoms with Crippen molar-refractivity contribution in [3.8, 4) is 0 Å². The van der Waals surface area contributed by atoms with E-state index in [0.29, 0.717) is 6.42 Å². The molecule has 0 bridgehead atoms. The molecule has 1 unspecified atom stereocenters. The normalized spacial score (nSPS) is 11.8. The van der Waals surface area contributed by atoms with Crippen LogP contribution >= 0.6 is 0 Å². The van der Waals surface area contributed by atoms with Gasteiger partial charge in [0.15, 0.2) is 0 Å². The molecule has 9 N–H and O–H groups in total. The van der Waals surface area contributed by atoms with Crippen molar-refractivity contribution in [2.45, 2.75) is 141 Å². The fraction of sp³-hybridized carbons (Fsp3) is 0.800. The zero-order valence-corrected chi connectivity index (χ0v) is 39.6. The van der Waals surface area contributed by atoms with Crippen LogP contribution in [0.15, 0.2) is 0 Å². The highest BCUT2D eigenvalue weighted by molar-refractivity contribution is 5.85. The van der Waals surface area contributed by atoms with Crippen LogP contribution in [0.1, 0.15) is 135 Å². The van der Waals surface area contributed by atoms with Gasteiger partial charge in [0.05, 0.1) is 45.6 Å². The molecule has 386 valence electrons. The molecule has 22 nitrogen and oxygen atoms in total. The van der Waals surface area contributed by atoms with Crippen LogP contribution in [0.3, 0.4) is 0 Å². The summed E-state index contributed by atoms with van der Waals surface area (Å²) < 4.78 is 21.2. The Bertz CT molecular complexity index is 1420. The zero-order chi connectivity index (χ0) is 49.8. The molecule has 0 saturated carbocycles. The fourth-order valence-corrected chi connectivity index (χ4v) is 6.21. The van der Waals surface area contributed by atoms with Crippen molar-refractivity contribution >= 4 is 53.4 Å². The van der Waals surface area contributed by atoms with Crippen LogP contribution in [0, 0.1) is 5.92 Å². The second kappa shape index (κ2) is 43.6. The van der Waals surface area contributed by atoms with Gasteiger partial charge in [-0.15, -0.1) is 0 Å². The number of carboxylic acids is 3. The number of carboxylic acid groups (broad SMARTS) is 3. The topological polar surface area (TPSA) is 323 Å². The summed E-state index contributed by atoms with van der Waals surface area (Å²) in [6.45, 7) is 2.85. The second-order valence-electron chi connectivity index (χ2n) is 16.1. The van der Waals surface area contributed by atoms with Crippen LogP contribution in [0.25, 0.3) is 0 Å². The molecule has 0 spiro atoms. The summed E-state index contributed by atoms with van der Waals surface area (Å²) in [6, 6.07) is -1.16. The fourth-order valence-electron chi connectivity index (χ4n) is 6.21. The molecule has 0 heterocycles. The Labute approximate surface area is 394 Å². The predicted octanol–water partition coefficient (Wildman–Crippen LogP) is 1.81. The van der Waals surface area contributed by atoms with E-state index in [0.717, 1.165) is 44.9 Å². The monoisotopic (exact) mass is 961 g/mol. The third-order valence-corrected chi connectivity index (χ3v) is 10.0. The predicted molar refractivity (Wildman–Crippen MR) is 245 cm³/mol. The lowest BCUT2D eigenvalue weighted by Gasteiger charge is -2.14. The Morgan fingerprint density at radius 3 is 1.27 bits per heavy atom. The molecule has 0 fully saturated rings. The summed E-state index contributed by atoms with van der Waals surface area (Å²) in [5, 5.41) is 42.4. The maximum absolute atomic E-state index is 12.3. The highest BCUT2D eigenvalue weighted by atomic mass is 16.5. The van der Waals surface area contributed by atoms with Crippen LogP contribution in [0.4, 0.5) is 0 Å². The first-order valence-corrected chi connectivity index (χ1v) is 23.8. The SMILES string of the molecule is CC(CC(=O)NCCC(=O)NCCNC(=O)COCCOCCNC(=O)COCCOCCNC(=O)CC[C@H](NC(=O)CCCCCCCCCCCCCCCCC(=O)O)C(=O)O)C(=O)O. The molecule has 0 aliphatic rings. The second-order valence-corrected chi connectivity index (χ2v) is 16.1. The van der Waals surface area contributed by atoms with E-state index in [1.807, 2.05) is 0 Å². The number of rotatable bonds is 47. The van der Waals surface area contributed by atoms with Crippen molar-refractivity contribution in [3.63, 3.8) is 0 Å². The summed E-state index contributed by atoms with van der Waals surface area (Å²) >= 11 is 0. The lowest BCUT2D eigenvalue weighted by molar-refractivity contribution is -0.143. The maximum Gasteiger partial charge on any atom is 0.326 e. The largest absolute Gasteiger partial charge is 0.481 e. The van der Waals surface area contributed by atoms with Crippen LogP contribution in [0.5, 0.6) is 0 Å². The number of nitrogens with one attached hydrogen (secondary N) is 6. The quantitative estimate of drug-likeness (QED) is 0.0393. The molecular weight excluding hydrogens is 881 g/mol. The number of ether oxygens (including phenoxy) is 4. The van der Waals surface area contributed by atoms with Crippen molar-refractivity contribution in [2.75, 3.05) is 85.6 Å². The Balaban J connectivity index is 3.67. The van der Waals surface area contributed by atoms with E-state index in [1.54, 1.807) is 0 Å². The van der Waals surface area contributed by atoms with E-state index in [4.69, 9.17) is 29.2 Å². The summed E-state index contributed by atoms with van der Waals surface area (Å²) in [6.07, 6.45) is 15.1. The van der Waals surface area contributed by atoms with E-state index in [1.165, 1.54) is 45.4 Å². The first-order chi connectivity index (χ1) is 32.2. The number of unbranched alkanes of at least 4 members (excludes halogenated alkanes) is 13. The van der Waals surface area contributed by atoms with Gasteiger partial charge in [0, 0.05) is 64.8 Å². The van der Waals surface area contributed by atoms with Crippen molar-refractivity contribution in [2.24, 2.45) is 5.92 Å². The molecule has 0 aliphatic carbocycles.